The quantitative estimate of drug-likeness (QED) is 0.0589. The molecule has 20 rings (SSSR count). The maximum absolute atomic E-state index is 12.8. The number of nitrogens with one attached hydrogen (secondary N) is 6. The van der Waals surface area contributed by atoms with Crippen molar-refractivity contribution in [1.82, 2.24) is 128 Å². The number of carbonyl (C=O) groups is 6. The summed E-state index contributed by atoms with van der Waals surface area (Å²) in [7, 11) is 17.2. The first-order valence-corrected chi connectivity index (χ1v) is 42.8. The number of hydrogen-bond acceptors (Lipinski definition) is 23. The van der Waals surface area contributed by atoms with Gasteiger partial charge in [0.25, 0.3) is 5.91 Å². The van der Waals surface area contributed by atoms with Crippen LogP contribution in [-0.4, -0.2) is 197 Å². The SMILES string of the molecule is CC(=O)N1CCc2c(c(Nc3cc(C(=O)NC(C)C)cc(-c4cnn(C)c4)c3)nn2C)C1.CC(=O)N1CCc2c(c(Nc3ccc(-c4cnco4)cc3)nn2C)C1.CC(=O)N1CCc2c(c(Nc3ccc4c(cnn4C)c3)nn2C)C1.CC(=O)N1CCc2c(c(Nc3ccc4cnn(C)c4c3)nn2C)C1.CC(=O)N1CCc2c(c(Nc3ccc4nn(C)nc4c3)nn2C)C1. The first-order chi connectivity index (χ1) is 61.9. The Balaban J connectivity index is 0.000000119. The summed E-state index contributed by atoms with van der Waals surface area (Å²) in [5.41, 5.74) is 22.9. The maximum Gasteiger partial charge on any atom is 0.251 e. The van der Waals surface area contributed by atoms with Crippen LogP contribution in [0.1, 0.15) is 115 Å². The topological polar surface area (TPSA) is 390 Å². The second-order valence-corrected chi connectivity index (χ2v) is 33.3. The van der Waals surface area contributed by atoms with Crippen LogP contribution >= 0.6 is 0 Å². The Kier molecular flexibility index (Phi) is 24.8. The number of aromatic nitrogens is 20. The molecule has 15 aromatic rings. The predicted octanol–water partition coefficient (Wildman–Crippen LogP) is 10.6. The van der Waals surface area contributed by atoms with Gasteiger partial charge in [0, 0.05) is 287 Å². The Hall–Kier alpha value is -15.3. The number of hydrogen-bond donors (Lipinski definition) is 6. The fourth-order valence-corrected chi connectivity index (χ4v) is 17.0. The highest BCUT2D eigenvalue weighted by atomic mass is 16.3. The van der Waals surface area contributed by atoms with Crippen LogP contribution in [0.15, 0.2) is 139 Å². The molecular formula is C91H107N31O7. The fourth-order valence-electron chi connectivity index (χ4n) is 17.0. The maximum atomic E-state index is 12.8. The van der Waals surface area contributed by atoms with Gasteiger partial charge in [-0.2, -0.15) is 55.8 Å². The van der Waals surface area contributed by atoms with Gasteiger partial charge < -0.3 is 60.8 Å². The smallest absolute Gasteiger partial charge is 0.251 e. The van der Waals surface area contributed by atoms with Crippen molar-refractivity contribution >= 4 is 126 Å². The zero-order chi connectivity index (χ0) is 90.9. The molecule has 0 spiro atoms. The molecule has 38 nitrogen and oxygen atoms in total. The molecule has 0 bridgehead atoms. The first-order valence-electron chi connectivity index (χ1n) is 42.8. The van der Waals surface area contributed by atoms with Crippen molar-refractivity contribution in [3.8, 4) is 22.5 Å². The number of carbonyl (C=O) groups excluding carboxylic acids is 6. The third kappa shape index (κ3) is 19.1. The van der Waals surface area contributed by atoms with Crippen LogP contribution in [0.2, 0.25) is 0 Å². The van der Waals surface area contributed by atoms with Crippen molar-refractivity contribution in [2.75, 3.05) is 59.3 Å². The van der Waals surface area contributed by atoms with Crippen molar-refractivity contribution in [3.63, 3.8) is 0 Å². The van der Waals surface area contributed by atoms with Gasteiger partial charge in [-0.1, -0.05) is 0 Å². The number of anilines is 10. The first kappa shape index (κ1) is 87.2. The van der Waals surface area contributed by atoms with Crippen molar-refractivity contribution < 1.29 is 33.2 Å². The fraction of sp³-hybridized carbons (Fsp3) is 0.352. The molecule has 0 saturated heterocycles. The number of fused-ring (bicyclic) bond motifs is 8. The van der Waals surface area contributed by atoms with Gasteiger partial charge in [0.15, 0.2) is 41.2 Å². The number of nitrogens with zero attached hydrogens (tertiary/aromatic N) is 25. The van der Waals surface area contributed by atoms with Crippen molar-refractivity contribution in [2.45, 2.75) is 119 Å². The molecule has 6 amide bonds. The summed E-state index contributed by atoms with van der Waals surface area (Å²) in [4.78, 5) is 86.2. The van der Waals surface area contributed by atoms with E-state index in [0.29, 0.717) is 50.6 Å². The van der Waals surface area contributed by atoms with E-state index in [0.717, 1.165) is 199 Å². The molecule has 0 fully saturated rings. The minimum atomic E-state index is -0.139. The molecule has 668 valence electrons. The van der Waals surface area contributed by atoms with Crippen LogP contribution < -0.4 is 31.9 Å². The summed E-state index contributed by atoms with van der Waals surface area (Å²) in [6.07, 6.45) is 14.6. The Morgan fingerprint density at radius 2 is 0.760 bits per heavy atom. The Morgan fingerprint density at radius 3 is 1.19 bits per heavy atom. The third-order valence-corrected chi connectivity index (χ3v) is 24.0. The van der Waals surface area contributed by atoms with E-state index in [-0.39, 0.29) is 41.5 Å². The van der Waals surface area contributed by atoms with Gasteiger partial charge in [0.2, 0.25) is 29.5 Å². The lowest BCUT2D eigenvalue weighted by Gasteiger charge is -2.26. The van der Waals surface area contributed by atoms with E-state index in [9.17, 15) is 28.8 Å². The standard InChI is InChI=1S/C23H29N7O2.C18H19N5O2.2C17H20N6O.C16H19N7O/c1-14(2)25-23(32)17-8-16(18-11-24-28(4)12-18)9-19(10-17)26-22-20-13-30(15(3)31)7-6-21(20)29(5)27-22;1-12(24)23-8-7-16-15(10-23)18(21-22(16)2)20-14-5-3-13(4-6-14)17-9-19-11-25-17;1-11(24)23-7-6-16-14(10-23)17(20-22(16)3)19-13-4-5-15-12(8-13)9-18-21(15)2;1-11(24)23-7-6-15-14(10-23)17(20-22(15)3)19-13-5-4-12-9-18-21(2)16(12)8-13;1-10(24)23-7-6-15-12(9-23)16(20-21(15)2)17-11-4-5-13-14(8-11)19-22(3)18-13/h8-12,14H,6-7,13H2,1-5H3,(H,25,32)(H,26,27);3-6,9,11H,7-8,10H2,1-2H3,(H,20,21);2*4-5,8-9H,6-7,10H2,1-3H3,(H,19,20);4-5,8H,6-7,9H2,1-3H3,(H,17,20). The van der Waals surface area contributed by atoms with Crippen molar-refractivity contribution in [1.29, 1.82) is 0 Å². The summed E-state index contributed by atoms with van der Waals surface area (Å²) in [5, 5.41) is 66.6. The number of benzene rings is 5. The van der Waals surface area contributed by atoms with Crippen LogP contribution in [0.25, 0.3) is 55.3 Å². The third-order valence-electron chi connectivity index (χ3n) is 24.0. The summed E-state index contributed by atoms with van der Waals surface area (Å²) in [6, 6.07) is 31.7. The molecule has 0 radical (unpaired) electrons. The molecule has 5 aliphatic heterocycles. The van der Waals surface area contributed by atoms with E-state index in [1.807, 2.05) is 231 Å². The number of amides is 6. The lowest BCUT2D eigenvalue weighted by atomic mass is 10.0. The van der Waals surface area contributed by atoms with Gasteiger partial charge in [-0.3, -0.25) is 66.2 Å². The van der Waals surface area contributed by atoms with Crippen LogP contribution in [0.5, 0.6) is 0 Å². The Morgan fingerprint density at radius 1 is 0.357 bits per heavy atom. The molecule has 0 saturated carbocycles. The number of oxazole rings is 1. The highest BCUT2D eigenvalue weighted by Gasteiger charge is 2.32. The molecule has 38 heteroatoms. The average molecular weight is 1750 g/mol. The van der Waals surface area contributed by atoms with Crippen LogP contribution in [-0.2, 0) is 152 Å². The highest BCUT2D eigenvalue weighted by molar-refractivity contribution is 5.97. The van der Waals surface area contributed by atoms with E-state index < -0.39 is 0 Å². The minimum Gasteiger partial charge on any atom is -0.444 e. The van der Waals surface area contributed by atoms with Crippen LogP contribution in [0, 0.1) is 0 Å². The molecule has 15 heterocycles. The van der Waals surface area contributed by atoms with Crippen LogP contribution in [0.4, 0.5) is 57.5 Å². The minimum absolute atomic E-state index is 0.0290. The van der Waals surface area contributed by atoms with Gasteiger partial charge in [-0.15, -0.1) is 0 Å². The van der Waals surface area contributed by atoms with E-state index >= 15 is 0 Å². The molecule has 0 unspecified atom stereocenters. The van der Waals surface area contributed by atoms with Gasteiger partial charge in [0.1, 0.15) is 11.0 Å². The number of aryl methyl sites for hydroxylation is 9. The number of rotatable bonds is 14. The zero-order valence-corrected chi connectivity index (χ0v) is 75.4. The lowest BCUT2D eigenvalue weighted by molar-refractivity contribution is -0.130. The summed E-state index contributed by atoms with van der Waals surface area (Å²) >= 11 is 0. The van der Waals surface area contributed by atoms with E-state index in [4.69, 9.17) is 4.42 Å². The molecule has 129 heavy (non-hydrogen) atoms. The molecule has 6 N–H and O–H groups in total. The summed E-state index contributed by atoms with van der Waals surface area (Å²) in [6.45, 7) is 18.5. The second-order valence-electron chi connectivity index (χ2n) is 33.3. The lowest BCUT2D eigenvalue weighted by Crippen LogP contribution is -2.34. The van der Waals surface area contributed by atoms with E-state index in [1.165, 1.54) is 29.2 Å². The normalized spacial score (nSPS) is 13.8. The second kappa shape index (κ2) is 36.7. The van der Waals surface area contributed by atoms with E-state index in [2.05, 4.69) is 100 Å². The largest absolute Gasteiger partial charge is 0.444 e. The molecule has 5 aromatic carbocycles. The van der Waals surface area contributed by atoms with Gasteiger partial charge in [-0.05, 0) is 116 Å². The van der Waals surface area contributed by atoms with Crippen LogP contribution in [0.3, 0.4) is 0 Å². The zero-order valence-electron chi connectivity index (χ0n) is 75.4. The predicted molar refractivity (Wildman–Crippen MR) is 490 cm³/mol. The van der Waals surface area contributed by atoms with Crippen molar-refractivity contribution in [2.24, 2.45) is 63.4 Å². The molecule has 10 aromatic heterocycles. The molecule has 0 aliphatic carbocycles. The van der Waals surface area contributed by atoms with Gasteiger partial charge >= 0.3 is 0 Å². The summed E-state index contributed by atoms with van der Waals surface area (Å²) < 4.78 is 20.2. The van der Waals surface area contributed by atoms with Crippen molar-refractivity contribution in [3.05, 3.63) is 196 Å². The Labute approximate surface area is 744 Å². The monoisotopic (exact) mass is 1750 g/mol. The van der Waals surface area contributed by atoms with E-state index in [1.54, 1.807) is 63.5 Å². The molecule has 0 atom stereocenters. The average Bonchev–Trinajstić information content (AvgIpc) is 1.63. The Bertz CT molecular complexity index is 6650. The van der Waals surface area contributed by atoms with Gasteiger partial charge in [0.05, 0.1) is 68.5 Å². The highest BCUT2D eigenvalue weighted by Crippen LogP contribution is 2.37. The molecule has 5 aliphatic rings. The summed E-state index contributed by atoms with van der Waals surface area (Å²) in [5.74, 6) is 4.98. The molecular weight excluding hydrogens is 1640 g/mol. The van der Waals surface area contributed by atoms with Gasteiger partial charge in [-0.25, -0.2) is 4.98 Å².